The minimum Gasteiger partial charge on any atom is -0.378 e. The van der Waals surface area contributed by atoms with E-state index in [1.165, 1.54) is 4.68 Å². The molecule has 0 spiro atoms. The minimum absolute atomic E-state index is 0.130. The van der Waals surface area contributed by atoms with Crippen LogP contribution in [0.25, 0.3) is 0 Å². The van der Waals surface area contributed by atoms with Crippen LogP contribution in [0.5, 0.6) is 0 Å². The second-order valence-corrected chi connectivity index (χ2v) is 5.60. The average Bonchev–Trinajstić information content (AvgIpc) is 2.42. The SMILES string of the molecule is C=CCn1ncc(NC2CCC(=O)N(C)C2)c(Br)c1=O. The number of anilines is 1. The van der Waals surface area contributed by atoms with Crippen molar-refractivity contribution in [3.8, 4) is 0 Å². The van der Waals surface area contributed by atoms with Crippen molar-refractivity contribution in [3.63, 3.8) is 0 Å². The van der Waals surface area contributed by atoms with Crippen molar-refractivity contribution >= 4 is 27.5 Å². The van der Waals surface area contributed by atoms with Crippen LogP contribution in [0.2, 0.25) is 0 Å². The highest BCUT2D eigenvalue weighted by atomic mass is 79.9. The third kappa shape index (κ3) is 3.09. The first-order valence-electron chi connectivity index (χ1n) is 6.40. The van der Waals surface area contributed by atoms with Crippen LogP contribution < -0.4 is 10.9 Å². The van der Waals surface area contributed by atoms with E-state index in [0.29, 0.717) is 29.7 Å². The summed E-state index contributed by atoms with van der Waals surface area (Å²) in [4.78, 5) is 25.2. The van der Waals surface area contributed by atoms with Gasteiger partial charge < -0.3 is 10.2 Å². The predicted octanol–water partition coefficient (Wildman–Crippen LogP) is 1.22. The number of likely N-dealkylation sites (tertiary alicyclic amines) is 1. The maximum absolute atomic E-state index is 12.0. The number of likely N-dealkylation sites (N-methyl/N-ethyl adjacent to an activating group) is 1. The Balaban J connectivity index is 2.14. The molecular weight excluding hydrogens is 324 g/mol. The summed E-state index contributed by atoms with van der Waals surface area (Å²) in [5.74, 6) is 0.154. The first-order chi connectivity index (χ1) is 9.52. The summed E-state index contributed by atoms with van der Waals surface area (Å²) in [6.45, 7) is 4.59. The van der Waals surface area contributed by atoms with E-state index in [1.54, 1.807) is 24.2 Å². The molecule has 0 bridgehead atoms. The molecule has 1 fully saturated rings. The minimum atomic E-state index is -0.199. The first kappa shape index (κ1) is 14.8. The van der Waals surface area contributed by atoms with Crippen molar-refractivity contribution in [3.05, 3.63) is 33.7 Å². The number of hydrogen-bond donors (Lipinski definition) is 1. The molecule has 1 amide bonds. The lowest BCUT2D eigenvalue weighted by Gasteiger charge is -2.30. The molecule has 1 aliphatic rings. The number of carbonyl (C=O) groups is 1. The Morgan fingerprint density at radius 3 is 3.00 bits per heavy atom. The van der Waals surface area contributed by atoms with Crippen LogP contribution in [-0.4, -0.2) is 40.2 Å². The summed E-state index contributed by atoms with van der Waals surface area (Å²) < 4.78 is 1.78. The Morgan fingerprint density at radius 1 is 1.60 bits per heavy atom. The summed E-state index contributed by atoms with van der Waals surface area (Å²) in [6, 6.07) is 0.130. The highest BCUT2D eigenvalue weighted by molar-refractivity contribution is 9.10. The van der Waals surface area contributed by atoms with Gasteiger partial charge in [0.15, 0.2) is 0 Å². The zero-order valence-electron chi connectivity index (χ0n) is 11.3. The normalized spacial score (nSPS) is 19.0. The van der Waals surface area contributed by atoms with E-state index in [9.17, 15) is 9.59 Å². The number of nitrogens with zero attached hydrogens (tertiary/aromatic N) is 3. The molecule has 20 heavy (non-hydrogen) atoms. The zero-order valence-corrected chi connectivity index (χ0v) is 12.9. The molecule has 1 aliphatic heterocycles. The predicted molar refractivity (Wildman–Crippen MR) is 80.7 cm³/mol. The number of allylic oxidation sites excluding steroid dienone is 1. The summed E-state index contributed by atoms with van der Waals surface area (Å²) >= 11 is 3.30. The number of piperidine rings is 1. The molecule has 1 atom stereocenters. The Morgan fingerprint density at radius 2 is 2.35 bits per heavy atom. The Bertz CT molecular complexity index is 584. The fraction of sp³-hybridized carbons (Fsp3) is 0.462. The van der Waals surface area contributed by atoms with Crippen molar-refractivity contribution in [2.75, 3.05) is 18.9 Å². The highest BCUT2D eigenvalue weighted by Crippen LogP contribution is 2.20. The van der Waals surface area contributed by atoms with E-state index in [4.69, 9.17) is 0 Å². The summed E-state index contributed by atoms with van der Waals surface area (Å²) in [7, 11) is 1.78. The molecule has 1 N–H and O–H groups in total. The van der Waals surface area contributed by atoms with Gasteiger partial charge in [0.05, 0.1) is 18.4 Å². The Kier molecular flexibility index (Phi) is 4.59. The lowest BCUT2D eigenvalue weighted by molar-refractivity contribution is -0.132. The average molecular weight is 341 g/mol. The molecule has 0 aliphatic carbocycles. The van der Waals surface area contributed by atoms with Crippen molar-refractivity contribution in [1.82, 2.24) is 14.7 Å². The van der Waals surface area contributed by atoms with Crippen LogP contribution >= 0.6 is 15.9 Å². The summed E-state index contributed by atoms with van der Waals surface area (Å²) in [5, 5.41) is 7.36. The molecule has 1 aromatic rings. The van der Waals surface area contributed by atoms with E-state index in [1.807, 2.05) is 0 Å². The van der Waals surface area contributed by atoms with Gasteiger partial charge in [-0.15, -0.1) is 6.58 Å². The number of rotatable bonds is 4. The van der Waals surface area contributed by atoms with Crippen molar-refractivity contribution < 1.29 is 4.79 Å². The molecule has 108 valence electrons. The van der Waals surface area contributed by atoms with Gasteiger partial charge in [-0.2, -0.15) is 5.10 Å². The topological polar surface area (TPSA) is 67.2 Å². The fourth-order valence-electron chi connectivity index (χ4n) is 2.17. The van der Waals surface area contributed by atoms with Crippen LogP contribution in [0.3, 0.4) is 0 Å². The Hall–Kier alpha value is -1.63. The van der Waals surface area contributed by atoms with Crippen molar-refractivity contribution in [2.45, 2.75) is 25.4 Å². The van der Waals surface area contributed by atoms with Crippen LogP contribution in [0.1, 0.15) is 12.8 Å². The van der Waals surface area contributed by atoms with Gasteiger partial charge in [0, 0.05) is 26.1 Å². The lowest BCUT2D eigenvalue weighted by Crippen LogP contribution is -2.43. The molecule has 0 saturated carbocycles. The third-order valence-electron chi connectivity index (χ3n) is 3.27. The van der Waals surface area contributed by atoms with E-state index < -0.39 is 0 Å². The smallest absolute Gasteiger partial charge is 0.283 e. The third-order valence-corrected chi connectivity index (χ3v) is 4.04. The quantitative estimate of drug-likeness (QED) is 0.837. The molecule has 1 saturated heterocycles. The molecule has 1 unspecified atom stereocenters. The van der Waals surface area contributed by atoms with Gasteiger partial charge in [-0.3, -0.25) is 9.59 Å². The second kappa shape index (κ2) is 6.21. The van der Waals surface area contributed by atoms with Crippen LogP contribution in [0, 0.1) is 0 Å². The second-order valence-electron chi connectivity index (χ2n) is 4.80. The van der Waals surface area contributed by atoms with Crippen molar-refractivity contribution in [2.24, 2.45) is 0 Å². The molecule has 0 radical (unpaired) electrons. The summed E-state index contributed by atoms with van der Waals surface area (Å²) in [6.07, 6.45) is 4.51. The highest BCUT2D eigenvalue weighted by Gasteiger charge is 2.23. The van der Waals surface area contributed by atoms with Crippen LogP contribution in [-0.2, 0) is 11.3 Å². The van der Waals surface area contributed by atoms with E-state index in [-0.39, 0.29) is 17.5 Å². The molecule has 0 aromatic carbocycles. The molecular formula is C13H17BrN4O2. The molecule has 2 heterocycles. The van der Waals surface area contributed by atoms with Gasteiger partial charge in [-0.1, -0.05) is 6.08 Å². The van der Waals surface area contributed by atoms with E-state index in [2.05, 4.69) is 32.9 Å². The van der Waals surface area contributed by atoms with Gasteiger partial charge in [0.25, 0.3) is 5.56 Å². The number of amides is 1. The van der Waals surface area contributed by atoms with Gasteiger partial charge >= 0.3 is 0 Å². The molecule has 1 aromatic heterocycles. The van der Waals surface area contributed by atoms with Gasteiger partial charge in [-0.05, 0) is 22.4 Å². The van der Waals surface area contributed by atoms with Crippen LogP contribution in [0.4, 0.5) is 5.69 Å². The number of carbonyl (C=O) groups excluding carboxylic acids is 1. The summed E-state index contributed by atoms with van der Waals surface area (Å²) in [5.41, 5.74) is 0.457. The zero-order chi connectivity index (χ0) is 14.7. The standard InChI is InChI=1S/C13H17BrN4O2/c1-3-6-18-13(20)12(14)10(7-15-18)16-9-4-5-11(19)17(2)8-9/h3,7,9,16H,1,4-6,8H2,2H3. The number of halogens is 1. The fourth-order valence-corrected chi connectivity index (χ4v) is 2.59. The lowest BCUT2D eigenvalue weighted by atomic mass is 10.1. The van der Waals surface area contributed by atoms with Gasteiger partial charge in [0.1, 0.15) is 4.47 Å². The maximum atomic E-state index is 12.0. The van der Waals surface area contributed by atoms with Crippen molar-refractivity contribution in [1.29, 1.82) is 0 Å². The van der Waals surface area contributed by atoms with Gasteiger partial charge in [-0.25, -0.2) is 4.68 Å². The monoisotopic (exact) mass is 340 g/mol. The van der Waals surface area contributed by atoms with Crippen LogP contribution in [0.15, 0.2) is 28.1 Å². The van der Waals surface area contributed by atoms with Gasteiger partial charge in [0.2, 0.25) is 5.91 Å². The largest absolute Gasteiger partial charge is 0.378 e. The number of aromatic nitrogens is 2. The first-order valence-corrected chi connectivity index (χ1v) is 7.19. The number of hydrogen-bond acceptors (Lipinski definition) is 4. The molecule has 6 nitrogen and oxygen atoms in total. The molecule has 2 rings (SSSR count). The van der Waals surface area contributed by atoms with E-state index >= 15 is 0 Å². The maximum Gasteiger partial charge on any atom is 0.283 e. The Labute approximate surface area is 125 Å². The molecule has 7 heteroatoms. The number of nitrogens with one attached hydrogen (secondary N) is 1. The van der Waals surface area contributed by atoms with E-state index in [0.717, 1.165) is 6.42 Å².